The maximum atomic E-state index is 14.9. The van der Waals surface area contributed by atoms with Crippen molar-refractivity contribution in [2.45, 2.75) is 49.1 Å². The van der Waals surface area contributed by atoms with Crippen LogP contribution in [0.2, 0.25) is 0 Å². The molecule has 1 aromatic carbocycles. The van der Waals surface area contributed by atoms with Crippen molar-refractivity contribution in [2.24, 2.45) is 0 Å². The van der Waals surface area contributed by atoms with Crippen LogP contribution in [0.4, 0.5) is 10.1 Å². The molecular weight excluding hydrogens is 461 g/mol. The van der Waals surface area contributed by atoms with E-state index in [1.807, 2.05) is 0 Å². The van der Waals surface area contributed by atoms with E-state index in [2.05, 4.69) is 11.3 Å². The van der Waals surface area contributed by atoms with E-state index in [9.17, 15) is 32.7 Å². The third-order valence-corrected chi connectivity index (χ3v) is 9.03. The van der Waals surface area contributed by atoms with Crippen LogP contribution >= 0.6 is 0 Å². The molecule has 0 aliphatic heterocycles. The second kappa shape index (κ2) is 10.3. The molecule has 0 aliphatic rings. The predicted octanol–water partition coefficient (Wildman–Crippen LogP) is 2.90. The molecule has 0 heterocycles. The number of benzene rings is 1. The zero-order valence-corrected chi connectivity index (χ0v) is 20.3. The fraction of sp³-hybridized carbons (Fsp3) is 0.550. The van der Waals surface area contributed by atoms with Crippen molar-refractivity contribution in [1.29, 1.82) is 5.26 Å². The molecule has 9 nitrogen and oxygen atoms in total. The molecule has 1 N–H and O–H groups in total. The fourth-order valence-corrected chi connectivity index (χ4v) is 6.04. The van der Waals surface area contributed by atoms with Gasteiger partial charge in [-0.05, 0) is 33.8 Å². The van der Waals surface area contributed by atoms with E-state index >= 15 is 0 Å². The third-order valence-electron chi connectivity index (χ3n) is 4.76. The van der Waals surface area contributed by atoms with Crippen LogP contribution in [0.3, 0.4) is 0 Å². The Morgan fingerprint density at radius 1 is 1.38 bits per heavy atom. The lowest BCUT2D eigenvalue weighted by molar-refractivity contribution is -0.385. The normalized spacial score (nSPS) is 16.9. The summed E-state index contributed by atoms with van der Waals surface area (Å²) in [6.07, 6.45) is 0.987. The SMILES string of the molecule is C=CC[C@](C#N)(COC)S(=O)(=O)C[C@](C)(N[S+]([O-])C(C)(C)C)c1cc([N+](=O)[O-])ccc1F. The van der Waals surface area contributed by atoms with E-state index in [1.54, 1.807) is 26.8 Å². The Balaban J connectivity index is 3.75. The molecule has 0 spiro atoms. The Morgan fingerprint density at radius 3 is 2.41 bits per heavy atom. The first-order valence-electron chi connectivity index (χ1n) is 9.46. The summed E-state index contributed by atoms with van der Waals surface area (Å²) in [7, 11) is -3.16. The average molecular weight is 490 g/mol. The van der Waals surface area contributed by atoms with Gasteiger partial charge in [0.1, 0.15) is 16.1 Å². The summed E-state index contributed by atoms with van der Waals surface area (Å²) in [5.74, 6) is -1.81. The van der Waals surface area contributed by atoms with Crippen molar-refractivity contribution in [3.8, 4) is 6.07 Å². The average Bonchev–Trinajstić information content (AvgIpc) is 2.66. The molecule has 178 valence electrons. The number of methoxy groups -OCH3 is 1. The number of halogens is 1. The molecule has 1 unspecified atom stereocenters. The molecule has 0 fully saturated rings. The van der Waals surface area contributed by atoms with Crippen LogP contribution in [0.1, 0.15) is 39.7 Å². The van der Waals surface area contributed by atoms with Gasteiger partial charge in [-0.2, -0.15) is 5.26 Å². The van der Waals surface area contributed by atoms with E-state index in [0.29, 0.717) is 0 Å². The molecule has 0 aromatic heterocycles. The van der Waals surface area contributed by atoms with Gasteiger partial charge in [-0.1, -0.05) is 6.08 Å². The summed E-state index contributed by atoms with van der Waals surface area (Å²) in [4.78, 5) is 10.5. The highest BCUT2D eigenvalue weighted by atomic mass is 32.2. The van der Waals surface area contributed by atoms with E-state index in [4.69, 9.17) is 4.74 Å². The van der Waals surface area contributed by atoms with Gasteiger partial charge in [-0.25, -0.2) is 12.8 Å². The minimum atomic E-state index is -4.40. The van der Waals surface area contributed by atoms with Gasteiger partial charge in [0, 0.05) is 42.6 Å². The Bertz CT molecular complexity index is 1010. The number of rotatable bonds is 11. The van der Waals surface area contributed by atoms with Crippen LogP contribution in [0.15, 0.2) is 30.9 Å². The van der Waals surface area contributed by atoms with Crippen LogP contribution in [0.5, 0.6) is 0 Å². The van der Waals surface area contributed by atoms with Gasteiger partial charge in [0.2, 0.25) is 0 Å². The smallest absolute Gasteiger partial charge is 0.269 e. The summed E-state index contributed by atoms with van der Waals surface area (Å²) < 4.78 is 59.4. The lowest BCUT2D eigenvalue weighted by Gasteiger charge is -2.37. The number of sulfone groups is 1. The number of allylic oxidation sites excluding steroid dienone is 1. The first-order valence-corrected chi connectivity index (χ1v) is 12.3. The molecule has 0 aliphatic carbocycles. The number of hydrogen-bond acceptors (Lipinski definition) is 8. The van der Waals surface area contributed by atoms with Gasteiger partial charge in [0.15, 0.2) is 14.6 Å². The quantitative estimate of drug-likeness (QED) is 0.216. The van der Waals surface area contributed by atoms with E-state index in [-0.39, 0.29) is 12.0 Å². The zero-order chi connectivity index (χ0) is 25.0. The lowest BCUT2D eigenvalue weighted by atomic mass is 9.94. The molecule has 12 heteroatoms. The lowest BCUT2D eigenvalue weighted by Crippen LogP contribution is -2.56. The van der Waals surface area contributed by atoms with E-state index in [1.165, 1.54) is 20.1 Å². The van der Waals surface area contributed by atoms with Crippen molar-refractivity contribution in [3.63, 3.8) is 0 Å². The Labute approximate surface area is 191 Å². The summed E-state index contributed by atoms with van der Waals surface area (Å²) in [6, 6.07) is 4.45. The van der Waals surface area contributed by atoms with E-state index in [0.717, 1.165) is 18.2 Å². The highest BCUT2D eigenvalue weighted by Crippen LogP contribution is 2.35. The Kier molecular flexibility index (Phi) is 8.98. The largest absolute Gasteiger partial charge is 0.598 e. The number of nitro groups is 1. The fourth-order valence-electron chi connectivity index (χ4n) is 2.98. The standard InChI is InChI=1S/C20H28FN3O6S2/c1-7-10-20(12-22,13-30-6)32(28,29)14-19(5,23-31(27)18(2,3)4)16-11-15(24(25)26)8-9-17(16)21/h7-9,11,23H,1,10,13-14H2,2-6H3/t19-,20-,31?/m0/s1. The molecular formula is C20H28FN3O6S2. The molecule has 0 bridgehead atoms. The minimum Gasteiger partial charge on any atom is -0.598 e. The number of nitrogens with zero attached hydrogens (tertiary/aromatic N) is 2. The first-order chi connectivity index (χ1) is 14.6. The molecule has 0 amide bonds. The van der Waals surface area contributed by atoms with Crippen molar-refractivity contribution in [1.82, 2.24) is 4.72 Å². The molecule has 0 saturated heterocycles. The van der Waals surface area contributed by atoms with Gasteiger partial charge in [-0.15, -0.1) is 11.3 Å². The maximum Gasteiger partial charge on any atom is 0.269 e. The van der Waals surface area contributed by atoms with Crippen molar-refractivity contribution < 1.29 is 27.0 Å². The summed E-state index contributed by atoms with van der Waals surface area (Å²) in [6.45, 7) is 9.16. The van der Waals surface area contributed by atoms with Gasteiger partial charge >= 0.3 is 0 Å². The highest BCUT2D eigenvalue weighted by Gasteiger charge is 2.50. The Morgan fingerprint density at radius 2 is 1.97 bits per heavy atom. The summed E-state index contributed by atoms with van der Waals surface area (Å²) in [5, 5.41) is 21.0. The highest BCUT2D eigenvalue weighted by molar-refractivity contribution is 7.93. The zero-order valence-electron chi connectivity index (χ0n) is 18.7. The monoisotopic (exact) mass is 489 g/mol. The number of nitrogens with one attached hydrogen (secondary N) is 1. The second-order valence-electron chi connectivity index (χ2n) is 8.53. The maximum absolute atomic E-state index is 14.9. The second-order valence-corrected chi connectivity index (χ2v) is 12.8. The van der Waals surface area contributed by atoms with Gasteiger partial charge in [0.25, 0.3) is 5.69 Å². The molecule has 1 aromatic rings. The topological polar surface area (TPSA) is 145 Å². The van der Waals surface area contributed by atoms with Crippen molar-refractivity contribution in [3.05, 3.63) is 52.3 Å². The molecule has 0 saturated carbocycles. The van der Waals surface area contributed by atoms with Crippen LogP contribution < -0.4 is 4.72 Å². The minimum absolute atomic E-state index is 0.268. The Hall–Kier alpha value is -2.04. The number of non-ortho nitro benzene ring substituents is 1. The third kappa shape index (κ3) is 6.05. The first kappa shape index (κ1) is 28.0. The van der Waals surface area contributed by atoms with Gasteiger partial charge < -0.3 is 9.29 Å². The van der Waals surface area contributed by atoms with Crippen molar-refractivity contribution >= 4 is 26.9 Å². The van der Waals surface area contributed by atoms with Crippen LogP contribution in [-0.4, -0.2) is 46.9 Å². The predicted molar refractivity (Wildman–Crippen MR) is 120 cm³/mol. The summed E-state index contributed by atoms with van der Waals surface area (Å²) >= 11 is -1.89. The molecule has 0 radical (unpaired) electrons. The number of nitriles is 1. The molecule has 3 atom stereocenters. The number of nitro benzene ring substituents is 1. The number of hydrogen-bond donors (Lipinski definition) is 1. The van der Waals surface area contributed by atoms with Gasteiger partial charge in [0.05, 0.1) is 23.4 Å². The van der Waals surface area contributed by atoms with Crippen LogP contribution in [0.25, 0.3) is 0 Å². The molecule has 32 heavy (non-hydrogen) atoms. The van der Waals surface area contributed by atoms with E-state index < -0.39 is 65.0 Å². The van der Waals surface area contributed by atoms with Gasteiger partial charge in [-0.3, -0.25) is 10.1 Å². The molecule has 1 rings (SSSR count). The van der Waals surface area contributed by atoms with Crippen LogP contribution in [0, 0.1) is 27.3 Å². The summed E-state index contributed by atoms with van der Waals surface area (Å²) in [5.41, 5.74) is -2.72. The number of ether oxygens (including phenoxy) is 1. The van der Waals surface area contributed by atoms with Crippen molar-refractivity contribution in [2.75, 3.05) is 19.5 Å². The van der Waals surface area contributed by atoms with Crippen LogP contribution in [-0.2, 0) is 31.5 Å².